The fraction of sp³-hybridized carbons (Fsp3) is 0.538. The highest BCUT2D eigenvalue weighted by Crippen LogP contribution is 2.21. The number of methoxy groups -OCH3 is 1. The van der Waals surface area contributed by atoms with E-state index < -0.39 is 4.92 Å². The maximum Gasteiger partial charge on any atom is 0.288 e. The molecule has 0 aliphatic heterocycles. The van der Waals surface area contributed by atoms with Crippen LogP contribution < -0.4 is 5.32 Å². The summed E-state index contributed by atoms with van der Waals surface area (Å²) in [5.74, 6) is -0.00346. The number of hydrogen-bond acceptors (Lipinski definition) is 6. The minimum absolute atomic E-state index is 0.0587. The Morgan fingerprint density at radius 2 is 2.24 bits per heavy atom. The highest BCUT2D eigenvalue weighted by Gasteiger charge is 2.24. The summed E-state index contributed by atoms with van der Waals surface area (Å²) >= 11 is 0. The standard InChI is InChI=1S/C13H20N4O4/c1-9(2)16(5-6-21-4)13(18)11-7-10(17(19)20)8-15-12(11)14-3/h7-9H,5-6H2,1-4H3,(H,14,15). The Morgan fingerprint density at radius 1 is 1.57 bits per heavy atom. The van der Waals surface area contributed by atoms with E-state index in [1.54, 1.807) is 19.1 Å². The van der Waals surface area contributed by atoms with Gasteiger partial charge in [0.1, 0.15) is 12.0 Å². The summed E-state index contributed by atoms with van der Waals surface area (Å²) in [6, 6.07) is 1.18. The van der Waals surface area contributed by atoms with Gasteiger partial charge in [-0.1, -0.05) is 0 Å². The third-order valence-corrected chi connectivity index (χ3v) is 2.97. The summed E-state index contributed by atoms with van der Waals surface area (Å²) in [7, 11) is 3.16. The number of hydrogen-bond donors (Lipinski definition) is 1. The molecule has 0 aromatic carbocycles. The highest BCUT2D eigenvalue weighted by molar-refractivity contribution is 5.99. The molecule has 0 radical (unpaired) electrons. The van der Waals surface area contributed by atoms with E-state index in [9.17, 15) is 14.9 Å². The Kier molecular flexibility index (Phi) is 6.04. The molecule has 1 heterocycles. The average Bonchev–Trinajstić information content (AvgIpc) is 2.46. The van der Waals surface area contributed by atoms with E-state index in [1.807, 2.05) is 13.8 Å². The number of anilines is 1. The van der Waals surface area contributed by atoms with Crippen LogP contribution in [0.5, 0.6) is 0 Å². The maximum atomic E-state index is 12.6. The Bertz CT molecular complexity index is 519. The van der Waals surface area contributed by atoms with Gasteiger partial charge >= 0.3 is 0 Å². The van der Waals surface area contributed by atoms with E-state index in [0.717, 1.165) is 6.20 Å². The van der Waals surface area contributed by atoms with Crippen LogP contribution in [0.25, 0.3) is 0 Å². The maximum absolute atomic E-state index is 12.6. The van der Waals surface area contributed by atoms with Gasteiger partial charge in [-0.05, 0) is 13.8 Å². The lowest BCUT2D eigenvalue weighted by Crippen LogP contribution is -2.39. The number of aromatic nitrogens is 1. The molecule has 0 atom stereocenters. The van der Waals surface area contributed by atoms with Gasteiger partial charge in [0.2, 0.25) is 0 Å². The van der Waals surface area contributed by atoms with Crippen molar-refractivity contribution in [2.24, 2.45) is 0 Å². The van der Waals surface area contributed by atoms with Crippen LogP contribution in [0, 0.1) is 10.1 Å². The van der Waals surface area contributed by atoms with Crippen molar-refractivity contribution >= 4 is 17.4 Å². The molecule has 1 aromatic heterocycles. The number of nitrogens with zero attached hydrogens (tertiary/aromatic N) is 3. The quantitative estimate of drug-likeness (QED) is 0.605. The molecule has 0 saturated heterocycles. The van der Waals surface area contributed by atoms with Crippen LogP contribution in [-0.4, -0.2) is 54.1 Å². The van der Waals surface area contributed by atoms with E-state index >= 15 is 0 Å². The summed E-state index contributed by atoms with van der Waals surface area (Å²) < 4.78 is 4.99. The van der Waals surface area contributed by atoms with Gasteiger partial charge in [-0.2, -0.15) is 0 Å². The molecule has 1 N–H and O–H groups in total. The lowest BCUT2D eigenvalue weighted by molar-refractivity contribution is -0.385. The molecular formula is C13H20N4O4. The molecule has 1 rings (SSSR count). The van der Waals surface area contributed by atoms with Crippen LogP contribution in [-0.2, 0) is 4.74 Å². The third kappa shape index (κ3) is 4.12. The Labute approximate surface area is 123 Å². The molecule has 0 aliphatic carbocycles. The van der Waals surface area contributed by atoms with Crippen molar-refractivity contribution in [2.45, 2.75) is 19.9 Å². The van der Waals surface area contributed by atoms with Gasteiger partial charge in [0.25, 0.3) is 11.6 Å². The average molecular weight is 296 g/mol. The Hall–Kier alpha value is -2.22. The number of ether oxygens (including phenoxy) is 1. The van der Waals surface area contributed by atoms with Crippen molar-refractivity contribution in [1.29, 1.82) is 0 Å². The molecule has 0 saturated carbocycles. The van der Waals surface area contributed by atoms with Gasteiger partial charge in [0.05, 0.1) is 17.1 Å². The van der Waals surface area contributed by atoms with Crippen LogP contribution in [0.2, 0.25) is 0 Å². The van der Waals surface area contributed by atoms with Crippen molar-refractivity contribution in [3.8, 4) is 0 Å². The van der Waals surface area contributed by atoms with Crippen molar-refractivity contribution < 1.29 is 14.5 Å². The number of rotatable bonds is 7. The topological polar surface area (TPSA) is 97.6 Å². The number of amides is 1. The molecule has 1 amide bonds. The Morgan fingerprint density at radius 3 is 2.71 bits per heavy atom. The van der Waals surface area contributed by atoms with E-state index in [0.29, 0.717) is 19.0 Å². The van der Waals surface area contributed by atoms with Crippen LogP contribution in [0.1, 0.15) is 24.2 Å². The molecule has 0 unspecified atom stereocenters. The summed E-state index contributed by atoms with van der Waals surface area (Å²) in [6.45, 7) is 4.54. The zero-order valence-corrected chi connectivity index (χ0v) is 12.6. The second-order valence-corrected chi connectivity index (χ2v) is 4.68. The molecule has 8 heteroatoms. The molecule has 21 heavy (non-hydrogen) atoms. The SMILES string of the molecule is CNc1ncc([N+](=O)[O-])cc1C(=O)N(CCOC)C(C)C. The zero-order valence-electron chi connectivity index (χ0n) is 12.6. The third-order valence-electron chi connectivity index (χ3n) is 2.97. The second kappa shape index (κ2) is 7.53. The van der Waals surface area contributed by atoms with Crippen LogP contribution in [0.3, 0.4) is 0 Å². The van der Waals surface area contributed by atoms with E-state index in [2.05, 4.69) is 10.3 Å². The first kappa shape index (κ1) is 16.8. The normalized spacial score (nSPS) is 10.5. The predicted octanol–water partition coefficient (Wildman–Crippen LogP) is 1.53. The molecular weight excluding hydrogens is 276 g/mol. The zero-order chi connectivity index (χ0) is 16.0. The number of pyridine rings is 1. The van der Waals surface area contributed by atoms with Crippen molar-refractivity contribution in [1.82, 2.24) is 9.88 Å². The van der Waals surface area contributed by atoms with Crippen molar-refractivity contribution in [3.05, 3.63) is 27.9 Å². The van der Waals surface area contributed by atoms with E-state index in [-0.39, 0.29) is 23.2 Å². The monoisotopic (exact) mass is 296 g/mol. The van der Waals surface area contributed by atoms with Gasteiger partial charge in [0, 0.05) is 32.8 Å². The number of nitro groups is 1. The number of carbonyl (C=O) groups is 1. The summed E-state index contributed by atoms with van der Waals surface area (Å²) in [4.78, 5) is 28.4. The van der Waals surface area contributed by atoms with E-state index in [4.69, 9.17) is 4.74 Å². The summed E-state index contributed by atoms with van der Waals surface area (Å²) in [6.07, 6.45) is 1.12. The van der Waals surface area contributed by atoms with E-state index in [1.165, 1.54) is 6.07 Å². The van der Waals surface area contributed by atoms with Gasteiger partial charge in [0.15, 0.2) is 0 Å². The molecule has 0 bridgehead atoms. The number of nitrogens with one attached hydrogen (secondary N) is 1. The molecule has 116 valence electrons. The largest absolute Gasteiger partial charge is 0.383 e. The highest BCUT2D eigenvalue weighted by atomic mass is 16.6. The van der Waals surface area contributed by atoms with Gasteiger partial charge in [-0.15, -0.1) is 0 Å². The second-order valence-electron chi connectivity index (χ2n) is 4.68. The van der Waals surface area contributed by atoms with Crippen LogP contribution in [0.15, 0.2) is 12.3 Å². The first-order chi connectivity index (χ1) is 9.92. The van der Waals surface area contributed by atoms with Crippen LogP contribution in [0.4, 0.5) is 11.5 Å². The predicted molar refractivity (Wildman–Crippen MR) is 78.5 cm³/mol. The first-order valence-corrected chi connectivity index (χ1v) is 6.54. The lowest BCUT2D eigenvalue weighted by Gasteiger charge is -2.27. The van der Waals surface area contributed by atoms with Crippen molar-refractivity contribution in [3.63, 3.8) is 0 Å². The minimum atomic E-state index is -0.571. The fourth-order valence-corrected chi connectivity index (χ4v) is 1.85. The fourth-order valence-electron chi connectivity index (χ4n) is 1.85. The number of carbonyl (C=O) groups excluding carboxylic acids is 1. The molecule has 0 aliphatic rings. The van der Waals surface area contributed by atoms with Gasteiger partial charge in [-0.25, -0.2) is 4.98 Å². The summed E-state index contributed by atoms with van der Waals surface area (Å²) in [5.41, 5.74) is -0.0377. The van der Waals surface area contributed by atoms with Gasteiger partial charge < -0.3 is 15.0 Å². The lowest BCUT2D eigenvalue weighted by atomic mass is 10.1. The minimum Gasteiger partial charge on any atom is -0.383 e. The first-order valence-electron chi connectivity index (χ1n) is 6.54. The molecule has 0 fully saturated rings. The smallest absolute Gasteiger partial charge is 0.288 e. The molecule has 8 nitrogen and oxygen atoms in total. The molecule has 0 spiro atoms. The molecule has 1 aromatic rings. The van der Waals surface area contributed by atoms with Crippen molar-refractivity contribution in [2.75, 3.05) is 32.6 Å². The Balaban J connectivity index is 3.18. The van der Waals surface area contributed by atoms with Gasteiger partial charge in [-0.3, -0.25) is 14.9 Å². The summed E-state index contributed by atoms with van der Waals surface area (Å²) in [5, 5.41) is 13.6. The van der Waals surface area contributed by atoms with Crippen LogP contribution >= 0.6 is 0 Å².